The van der Waals surface area contributed by atoms with E-state index in [2.05, 4.69) is 22.0 Å². The number of methoxy groups -OCH3 is 1. The van der Waals surface area contributed by atoms with Crippen molar-refractivity contribution in [3.05, 3.63) is 28.2 Å². The first-order valence-corrected chi connectivity index (χ1v) is 6.59. The minimum Gasteiger partial charge on any atom is -0.496 e. The molecule has 1 aromatic carbocycles. The fraction of sp³-hybridized carbons (Fsp3) is 0.500. The Bertz CT molecular complexity index is 501. The highest BCUT2D eigenvalue weighted by Gasteiger charge is 2.54. The van der Waals surface area contributed by atoms with Crippen molar-refractivity contribution in [2.24, 2.45) is 5.41 Å². The van der Waals surface area contributed by atoms with Crippen molar-refractivity contribution >= 4 is 15.9 Å². The lowest BCUT2D eigenvalue weighted by molar-refractivity contribution is -0.103. The van der Waals surface area contributed by atoms with Crippen LogP contribution in [-0.4, -0.2) is 20.3 Å². The Morgan fingerprint density at radius 2 is 2.11 bits per heavy atom. The number of rotatable bonds is 3. The van der Waals surface area contributed by atoms with Crippen molar-refractivity contribution in [3.63, 3.8) is 0 Å². The van der Waals surface area contributed by atoms with Crippen LogP contribution >= 0.6 is 15.9 Å². The van der Waals surface area contributed by atoms with Gasteiger partial charge in [-0.1, -0.05) is 15.9 Å². The van der Waals surface area contributed by atoms with Gasteiger partial charge in [0.1, 0.15) is 5.75 Å². The average molecular weight is 310 g/mol. The second kappa shape index (κ2) is 4.56. The van der Waals surface area contributed by atoms with E-state index in [-0.39, 0.29) is 5.41 Å². The zero-order valence-corrected chi connectivity index (χ0v) is 12.4. The number of nitrogens with zero attached hydrogens (tertiary/aromatic N) is 1. The number of ether oxygens (including phenoxy) is 2. The van der Waals surface area contributed by atoms with Crippen LogP contribution in [0.2, 0.25) is 0 Å². The van der Waals surface area contributed by atoms with Crippen LogP contribution in [0.15, 0.2) is 22.7 Å². The Hall–Kier alpha value is -1.05. The van der Waals surface area contributed by atoms with Gasteiger partial charge in [0.25, 0.3) is 0 Å². The van der Waals surface area contributed by atoms with Gasteiger partial charge in [0.15, 0.2) is 0 Å². The third kappa shape index (κ3) is 1.82. The molecule has 1 aromatic rings. The van der Waals surface area contributed by atoms with Crippen molar-refractivity contribution < 1.29 is 9.47 Å². The summed E-state index contributed by atoms with van der Waals surface area (Å²) < 4.78 is 11.8. The van der Waals surface area contributed by atoms with E-state index in [4.69, 9.17) is 9.47 Å². The molecule has 0 amide bonds. The molecule has 0 radical (unpaired) electrons. The normalized spacial score (nSPS) is 17.7. The predicted octanol–water partition coefficient (Wildman–Crippen LogP) is 3.28. The third-order valence-corrected chi connectivity index (χ3v) is 4.34. The lowest BCUT2D eigenvalue weighted by atomic mass is 9.61. The summed E-state index contributed by atoms with van der Waals surface area (Å²) in [6.45, 7) is 5.02. The molecule has 0 bridgehead atoms. The molecule has 1 aliphatic rings. The molecule has 0 unspecified atom stereocenters. The van der Waals surface area contributed by atoms with E-state index in [0.29, 0.717) is 13.2 Å². The maximum Gasteiger partial charge on any atom is 0.122 e. The Labute approximate surface area is 116 Å². The van der Waals surface area contributed by atoms with Gasteiger partial charge in [-0.2, -0.15) is 5.26 Å². The van der Waals surface area contributed by atoms with Crippen molar-refractivity contribution in [1.29, 1.82) is 5.26 Å². The van der Waals surface area contributed by atoms with Gasteiger partial charge < -0.3 is 9.47 Å². The predicted molar refractivity (Wildman–Crippen MR) is 72.6 cm³/mol. The first kappa shape index (κ1) is 13.4. The topological polar surface area (TPSA) is 42.2 Å². The van der Waals surface area contributed by atoms with Crippen LogP contribution in [0.3, 0.4) is 0 Å². The van der Waals surface area contributed by atoms with Crippen LogP contribution in [0.1, 0.15) is 19.4 Å². The molecular formula is C14H16BrNO2. The van der Waals surface area contributed by atoms with Gasteiger partial charge >= 0.3 is 0 Å². The Morgan fingerprint density at radius 1 is 1.44 bits per heavy atom. The van der Waals surface area contributed by atoms with Crippen molar-refractivity contribution in [2.45, 2.75) is 19.3 Å². The maximum atomic E-state index is 9.43. The molecule has 0 atom stereocenters. The quantitative estimate of drug-likeness (QED) is 0.860. The van der Waals surface area contributed by atoms with Crippen LogP contribution in [-0.2, 0) is 10.2 Å². The van der Waals surface area contributed by atoms with Gasteiger partial charge in [0.05, 0.1) is 37.2 Å². The third-order valence-electron chi connectivity index (χ3n) is 3.85. The summed E-state index contributed by atoms with van der Waals surface area (Å²) in [7, 11) is 1.65. The first-order chi connectivity index (χ1) is 8.47. The van der Waals surface area contributed by atoms with E-state index in [1.165, 1.54) is 0 Å². The molecule has 4 heteroatoms. The molecule has 96 valence electrons. The van der Waals surface area contributed by atoms with Crippen LogP contribution in [0.5, 0.6) is 5.75 Å². The van der Waals surface area contributed by atoms with Crippen LogP contribution in [0.4, 0.5) is 0 Å². The molecular weight excluding hydrogens is 294 g/mol. The Kier molecular flexibility index (Phi) is 3.39. The fourth-order valence-electron chi connectivity index (χ4n) is 2.32. The smallest absolute Gasteiger partial charge is 0.122 e. The van der Waals surface area contributed by atoms with Crippen LogP contribution in [0.25, 0.3) is 0 Å². The summed E-state index contributed by atoms with van der Waals surface area (Å²) >= 11 is 3.48. The SMILES string of the molecule is COc1ccc(Br)cc1C1(C(C)(C)C#N)COC1. The molecule has 0 saturated carbocycles. The molecule has 1 aliphatic heterocycles. The molecule has 1 heterocycles. The van der Waals surface area contributed by atoms with E-state index in [1.807, 2.05) is 32.0 Å². The van der Waals surface area contributed by atoms with Gasteiger partial charge in [-0.15, -0.1) is 0 Å². The minimum absolute atomic E-state index is 0.295. The molecule has 0 aliphatic carbocycles. The summed E-state index contributed by atoms with van der Waals surface area (Å²) in [4.78, 5) is 0. The van der Waals surface area contributed by atoms with Gasteiger partial charge in [-0.25, -0.2) is 0 Å². The number of halogens is 1. The summed E-state index contributed by atoms with van der Waals surface area (Å²) in [6.07, 6.45) is 0. The highest BCUT2D eigenvalue weighted by molar-refractivity contribution is 9.10. The zero-order chi connectivity index (χ0) is 13.4. The average Bonchev–Trinajstić information content (AvgIpc) is 2.27. The Morgan fingerprint density at radius 3 is 2.56 bits per heavy atom. The second-order valence-corrected chi connectivity index (χ2v) is 6.07. The summed E-state index contributed by atoms with van der Waals surface area (Å²) in [5, 5.41) is 9.43. The molecule has 1 fully saturated rings. The van der Waals surface area contributed by atoms with E-state index < -0.39 is 5.41 Å². The highest BCUT2D eigenvalue weighted by Crippen LogP contribution is 2.50. The summed E-state index contributed by atoms with van der Waals surface area (Å²) in [5.41, 5.74) is 0.244. The number of benzene rings is 1. The first-order valence-electron chi connectivity index (χ1n) is 5.80. The van der Waals surface area contributed by atoms with E-state index in [0.717, 1.165) is 15.8 Å². The number of nitriles is 1. The number of hydrogen-bond acceptors (Lipinski definition) is 3. The molecule has 0 N–H and O–H groups in total. The summed E-state index contributed by atoms with van der Waals surface area (Å²) in [6, 6.07) is 8.29. The summed E-state index contributed by atoms with van der Waals surface area (Å²) in [5.74, 6) is 0.810. The highest BCUT2D eigenvalue weighted by atomic mass is 79.9. The maximum absolute atomic E-state index is 9.43. The second-order valence-electron chi connectivity index (χ2n) is 5.16. The van der Waals surface area contributed by atoms with Crippen molar-refractivity contribution in [2.75, 3.05) is 20.3 Å². The lowest BCUT2D eigenvalue weighted by Crippen LogP contribution is -2.56. The zero-order valence-electron chi connectivity index (χ0n) is 10.8. The van der Waals surface area contributed by atoms with E-state index in [1.54, 1.807) is 7.11 Å². The lowest BCUT2D eigenvalue weighted by Gasteiger charge is -2.49. The standard InChI is InChI=1S/C14H16BrNO2/c1-13(2,7-16)14(8-18-9-14)11-6-10(15)4-5-12(11)17-3/h4-6H,8-9H2,1-3H3. The number of hydrogen-bond donors (Lipinski definition) is 0. The molecule has 18 heavy (non-hydrogen) atoms. The van der Waals surface area contributed by atoms with Crippen LogP contribution in [0, 0.1) is 16.7 Å². The molecule has 0 aromatic heterocycles. The molecule has 3 nitrogen and oxygen atoms in total. The molecule has 0 spiro atoms. The van der Waals surface area contributed by atoms with Crippen molar-refractivity contribution in [1.82, 2.24) is 0 Å². The van der Waals surface area contributed by atoms with Gasteiger partial charge in [0, 0.05) is 10.0 Å². The monoisotopic (exact) mass is 309 g/mol. The van der Waals surface area contributed by atoms with Gasteiger partial charge in [-0.3, -0.25) is 0 Å². The molecule has 2 rings (SSSR count). The molecule has 1 saturated heterocycles. The largest absolute Gasteiger partial charge is 0.496 e. The van der Waals surface area contributed by atoms with Crippen molar-refractivity contribution in [3.8, 4) is 11.8 Å². The van der Waals surface area contributed by atoms with E-state index in [9.17, 15) is 5.26 Å². The Balaban J connectivity index is 2.59. The van der Waals surface area contributed by atoms with Gasteiger partial charge in [-0.05, 0) is 32.0 Å². The minimum atomic E-state index is -0.501. The van der Waals surface area contributed by atoms with E-state index >= 15 is 0 Å². The van der Waals surface area contributed by atoms with Crippen LogP contribution < -0.4 is 4.74 Å². The fourth-order valence-corrected chi connectivity index (χ4v) is 2.68. The van der Waals surface area contributed by atoms with Gasteiger partial charge in [0.2, 0.25) is 0 Å².